The zero-order chi connectivity index (χ0) is 7.82. The van der Waals surface area contributed by atoms with Gasteiger partial charge < -0.3 is 0 Å². The van der Waals surface area contributed by atoms with Crippen LogP contribution in [-0.2, 0) is 0 Å². The van der Waals surface area contributed by atoms with Gasteiger partial charge in [0.25, 0.3) is 0 Å². The van der Waals surface area contributed by atoms with Crippen molar-refractivity contribution in [3.8, 4) is 0 Å². The summed E-state index contributed by atoms with van der Waals surface area (Å²) in [6.45, 7) is 6.75. The van der Waals surface area contributed by atoms with Crippen LogP contribution in [0.4, 0.5) is 0 Å². The fourth-order valence-corrected chi connectivity index (χ4v) is 4.56. The SMILES string of the molecule is CCCSSSCC(C)C. The molecule has 0 nitrogen and oxygen atoms in total. The van der Waals surface area contributed by atoms with E-state index in [1.165, 1.54) is 17.9 Å². The molecule has 0 radical (unpaired) electrons. The maximum absolute atomic E-state index is 2.26. The number of hydrogen-bond donors (Lipinski definition) is 0. The molecule has 0 rings (SSSR count). The highest BCUT2D eigenvalue weighted by atomic mass is 33.5. The molecule has 0 atom stereocenters. The van der Waals surface area contributed by atoms with Crippen LogP contribution in [0.2, 0.25) is 0 Å². The monoisotopic (exact) mass is 196 g/mol. The van der Waals surface area contributed by atoms with E-state index in [2.05, 4.69) is 20.8 Å². The molecule has 0 saturated heterocycles. The highest BCUT2D eigenvalue weighted by Crippen LogP contribution is 2.35. The summed E-state index contributed by atoms with van der Waals surface area (Å²) in [5.41, 5.74) is 0. The van der Waals surface area contributed by atoms with Crippen LogP contribution in [-0.4, -0.2) is 11.5 Å². The Morgan fingerprint density at radius 3 is 2.40 bits per heavy atom. The first-order valence-electron chi connectivity index (χ1n) is 3.68. The van der Waals surface area contributed by atoms with Crippen molar-refractivity contribution in [3.63, 3.8) is 0 Å². The molecule has 0 bridgehead atoms. The Kier molecular flexibility index (Phi) is 9.01. The minimum atomic E-state index is 0.833. The third-order valence-electron chi connectivity index (χ3n) is 0.785. The summed E-state index contributed by atoms with van der Waals surface area (Å²) in [6, 6.07) is 0. The van der Waals surface area contributed by atoms with E-state index in [4.69, 9.17) is 0 Å². The average molecular weight is 196 g/mol. The molecule has 0 unspecified atom stereocenters. The molecule has 0 spiro atoms. The fraction of sp³-hybridized carbons (Fsp3) is 1.00. The van der Waals surface area contributed by atoms with Gasteiger partial charge in [0.05, 0.1) is 0 Å². The smallest absolute Gasteiger partial charge is 0.00682 e. The maximum Gasteiger partial charge on any atom is 0.00682 e. The summed E-state index contributed by atoms with van der Waals surface area (Å²) in [6.07, 6.45) is 1.29. The van der Waals surface area contributed by atoms with Gasteiger partial charge in [-0.2, -0.15) is 0 Å². The molecule has 0 aliphatic carbocycles. The molecule has 10 heavy (non-hydrogen) atoms. The Morgan fingerprint density at radius 2 is 1.90 bits per heavy atom. The summed E-state index contributed by atoms with van der Waals surface area (Å²) < 4.78 is 0. The van der Waals surface area contributed by atoms with Crippen LogP contribution >= 0.6 is 31.4 Å². The van der Waals surface area contributed by atoms with Gasteiger partial charge in [0.15, 0.2) is 0 Å². The molecule has 0 amide bonds. The molecular weight excluding hydrogens is 180 g/mol. The van der Waals surface area contributed by atoms with Gasteiger partial charge in [-0.1, -0.05) is 42.4 Å². The largest absolute Gasteiger partial charge is 0.0826 e. The molecule has 0 aromatic heterocycles. The molecule has 3 heteroatoms. The average Bonchev–Trinajstić information content (AvgIpc) is 1.87. The molecule has 0 aromatic rings. The van der Waals surface area contributed by atoms with E-state index < -0.39 is 0 Å². The number of hydrogen-bond acceptors (Lipinski definition) is 3. The second kappa shape index (κ2) is 8.15. The Bertz CT molecular complexity index is 63.9. The quantitative estimate of drug-likeness (QED) is 0.464. The molecular formula is C7H16S3. The van der Waals surface area contributed by atoms with E-state index in [9.17, 15) is 0 Å². The van der Waals surface area contributed by atoms with Crippen LogP contribution in [0.1, 0.15) is 27.2 Å². The van der Waals surface area contributed by atoms with E-state index in [-0.39, 0.29) is 0 Å². The van der Waals surface area contributed by atoms with Gasteiger partial charge in [-0.15, -0.1) is 0 Å². The van der Waals surface area contributed by atoms with Crippen LogP contribution in [0.15, 0.2) is 0 Å². The molecule has 0 heterocycles. The van der Waals surface area contributed by atoms with E-state index in [1.807, 2.05) is 31.4 Å². The highest BCUT2D eigenvalue weighted by molar-refractivity contribution is 9.09. The molecule has 0 N–H and O–H groups in total. The van der Waals surface area contributed by atoms with Crippen LogP contribution in [0.5, 0.6) is 0 Å². The Labute approximate surface area is 76.1 Å². The van der Waals surface area contributed by atoms with Crippen molar-refractivity contribution in [1.82, 2.24) is 0 Å². The van der Waals surface area contributed by atoms with Gasteiger partial charge in [0, 0.05) is 11.5 Å². The van der Waals surface area contributed by atoms with Gasteiger partial charge in [0.2, 0.25) is 0 Å². The minimum absolute atomic E-state index is 0.833. The summed E-state index contributed by atoms with van der Waals surface area (Å²) in [5.74, 6) is 3.40. The molecule has 62 valence electrons. The lowest BCUT2D eigenvalue weighted by molar-refractivity contribution is 0.752. The second-order valence-corrected chi connectivity index (χ2v) is 6.96. The van der Waals surface area contributed by atoms with Crippen molar-refractivity contribution in [2.24, 2.45) is 5.92 Å². The van der Waals surface area contributed by atoms with Gasteiger partial charge in [-0.05, 0) is 22.2 Å². The van der Waals surface area contributed by atoms with Crippen LogP contribution in [0, 0.1) is 5.92 Å². The Balaban J connectivity index is 2.77. The molecule has 0 aromatic carbocycles. The topological polar surface area (TPSA) is 0 Å². The van der Waals surface area contributed by atoms with Crippen molar-refractivity contribution in [1.29, 1.82) is 0 Å². The standard InChI is InChI=1S/C7H16S3/c1-4-5-8-10-9-6-7(2)3/h7H,4-6H2,1-3H3. The lowest BCUT2D eigenvalue weighted by atomic mass is 10.3. The van der Waals surface area contributed by atoms with Gasteiger partial charge in [-0.3, -0.25) is 0 Å². The first-order valence-corrected chi connectivity index (χ1v) is 7.50. The van der Waals surface area contributed by atoms with Crippen molar-refractivity contribution >= 4 is 31.4 Å². The third-order valence-corrected chi connectivity index (χ3v) is 5.57. The van der Waals surface area contributed by atoms with E-state index in [0.29, 0.717) is 0 Å². The number of rotatable bonds is 6. The van der Waals surface area contributed by atoms with Crippen molar-refractivity contribution in [3.05, 3.63) is 0 Å². The van der Waals surface area contributed by atoms with Crippen molar-refractivity contribution in [2.45, 2.75) is 27.2 Å². The van der Waals surface area contributed by atoms with Crippen molar-refractivity contribution < 1.29 is 0 Å². The van der Waals surface area contributed by atoms with Gasteiger partial charge >= 0.3 is 0 Å². The lowest BCUT2D eigenvalue weighted by Gasteiger charge is -2.01. The maximum atomic E-state index is 2.26. The Morgan fingerprint density at radius 1 is 1.20 bits per heavy atom. The van der Waals surface area contributed by atoms with E-state index in [0.717, 1.165) is 5.92 Å². The first-order chi connectivity index (χ1) is 4.77. The fourth-order valence-electron chi connectivity index (χ4n) is 0.315. The third kappa shape index (κ3) is 9.05. The van der Waals surface area contributed by atoms with Crippen LogP contribution in [0.25, 0.3) is 0 Å². The Hall–Kier alpha value is 1.05. The first kappa shape index (κ1) is 11.1. The summed E-state index contributed by atoms with van der Waals surface area (Å²) in [5, 5.41) is 0. The zero-order valence-electron chi connectivity index (χ0n) is 6.92. The van der Waals surface area contributed by atoms with E-state index in [1.54, 1.807) is 0 Å². The van der Waals surface area contributed by atoms with Gasteiger partial charge in [-0.25, -0.2) is 0 Å². The molecule has 0 aliphatic heterocycles. The minimum Gasteiger partial charge on any atom is -0.0826 e. The normalized spacial score (nSPS) is 10.8. The predicted molar refractivity (Wildman–Crippen MR) is 57.6 cm³/mol. The predicted octanol–water partition coefficient (Wildman–Crippen LogP) is 4.08. The summed E-state index contributed by atoms with van der Waals surface area (Å²) in [4.78, 5) is 0. The molecule has 0 saturated carbocycles. The summed E-state index contributed by atoms with van der Waals surface area (Å²) in [7, 11) is 5.90. The summed E-state index contributed by atoms with van der Waals surface area (Å²) >= 11 is 0. The van der Waals surface area contributed by atoms with Crippen LogP contribution in [0.3, 0.4) is 0 Å². The zero-order valence-corrected chi connectivity index (χ0v) is 9.37. The molecule has 0 aliphatic rings. The molecule has 0 fully saturated rings. The lowest BCUT2D eigenvalue weighted by Crippen LogP contribution is -1.86. The van der Waals surface area contributed by atoms with Gasteiger partial charge in [0.1, 0.15) is 0 Å². The second-order valence-electron chi connectivity index (χ2n) is 2.57. The van der Waals surface area contributed by atoms with Crippen LogP contribution < -0.4 is 0 Å². The highest BCUT2D eigenvalue weighted by Gasteiger charge is 1.94. The van der Waals surface area contributed by atoms with Crippen molar-refractivity contribution in [2.75, 3.05) is 11.5 Å². The van der Waals surface area contributed by atoms with E-state index >= 15 is 0 Å².